The third-order valence-electron chi connectivity index (χ3n) is 1.70. The first kappa shape index (κ1) is 12.3. The Morgan fingerprint density at radius 2 is 2.06 bits per heavy atom. The highest BCUT2D eigenvalue weighted by atomic mass is 16.6. The summed E-state index contributed by atoms with van der Waals surface area (Å²) in [6, 6.07) is 0. The highest BCUT2D eigenvalue weighted by molar-refractivity contribution is 5.92. The van der Waals surface area contributed by atoms with Gasteiger partial charge in [-0.3, -0.25) is 0 Å². The predicted octanol–water partition coefficient (Wildman–Crippen LogP) is 0.827. The molecule has 1 fully saturated rings. The van der Waals surface area contributed by atoms with Crippen molar-refractivity contribution < 1.29 is 29.0 Å². The van der Waals surface area contributed by atoms with Crippen LogP contribution in [0.5, 0.6) is 0 Å². The van der Waals surface area contributed by atoms with Crippen LogP contribution in [0.1, 0.15) is 20.8 Å². The minimum absolute atomic E-state index is 0.330. The van der Waals surface area contributed by atoms with Gasteiger partial charge in [-0.1, -0.05) is 0 Å². The summed E-state index contributed by atoms with van der Waals surface area (Å²) in [6.45, 7) is 4.59. The number of hydrogen-bond acceptors (Lipinski definition) is 5. The van der Waals surface area contributed by atoms with Gasteiger partial charge in [0.05, 0.1) is 6.54 Å². The van der Waals surface area contributed by atoms with Crippen LogP contribution in [0.25, 0.3) is 0 Å². The van der Waals surface area contributed by atoms with E-state index in [1.165, 1.54) is 0 Å². The molecule has 1 rings (SSSR count). The lowest BCUT2D eigenvalue weighted by molar-refractivity contribution is -0.144. The molecule has 1 saturated heterocycles. The van der Waals surface area contributed by atoms with Gasteiger partial charge >= 0.3 is 18.2 Å². The van der Waals surface area contributed by atoms with Crippen molar-refractivity contribution >= 4 is 18.2 Å². The number of aliphatic carboxylic acids is 1. The first-order valence-electron chi connectivity index (χ1n) is 4.64. The van der Waals surface area contributed by atoms with Gasteiger partial charge in [0.2, 0.25) is 6.10 Å². The van der Waals surface area contributed by atoms with E-state index in [0.29, 0.717) is 4.90 Å². The monoisotopic (exact) mass is 231 g/mol. The maximum absolute atomic E-state index is 11.4. The molecule has 1 atom stereocenters. The first-order chi connectivity index (χ1) is 7.20. The predicted molar refractivity (Wildman–Crippen MR) is 50.8 cm³/mol. The number of nitrogens with zero attached hydrogens (tertiary/aromatic N) is 1. The van der Waals surface area contributed by atoms with Gasteiger partial charge in [0.15, 0.2) is 0 Å². The molecule has 7 heteroatoms. The third kappa shape index (κ3) is 2.85. The number of ether oxygens (including phenoxy) is 2. The molecule has 1 unspecified atom stereocenters. The summed E-state index contributed by atoms with van der Waals surface area (Å²) in [5.74, 6) is -1.29. The zero-order valence-corrected chi connectivity index (χ0v) is 9.22. The number of imide groups is 1. The average Bonchev–Trinajstić information content (AvgIpc) is 2.44. The molecule has 2 amide bonds. The highest BCUT2D eigenvalue weighted by Crippen LogP contribution is 2.16. The Kier molecular flexibility index (Phi) is 3.06. The van der Waals surface area contributed by atoms with Crippen molar-refractivity contribution in [2.24, 2.45) is 0 Å². The minimum atomic E-state index is -1.32. The second-order valence-electron chi connectivity index (χ2n) is 4.30. The van der Waals surface area contributed by atoms with E-state index in [4.69, 9.17) is 9.84 Å². The summed E-state index contributed by atoms with van der Waals surface area (Å²) in [7, 11) is 0. The molecular formula is C9H13NO6. The number of carboxylic acids is 1. The second-order valence-corrected chi connectivity index (χ2v) is 4.30. The summed E-state index contributed by atoms with van der Waals surface area (Å²) < 4.78 is 9.37. The van der Waals surface area contributed by atoms with Crippen LogP contribution in [0.4, 0.5) is 9.59 Å². The Morgan fingerprint density at radius 3 is 2.44 bits per heavy atom. The lowest BCUT2D eigenvalue weighted by atomic mass is 10.2. The van der Waals surface area contributed by atoms with Crippen LogP contribution < -0.4 is 0 Å². The quantitative estimate of drug-likeness (QED) is 0.718. The molecule has 0 radical (unpaired) electrons. The molecule has 16 heavy (non-hydrogen) atoms. The molecule has 0 aromatic carbocycles. The number of carbonyl (C=O) groups excluding carboxylic acids is 2. The van der Waals surface area contributed by atoms with Gasteiger partial charge < -0.3 is 14.6 Å². The lowest BCUT2D eigenvalue weighted by Gasteiger charge is -2.21. The molecule has 0 saturated carbocycles. The largest absolute Gasteiger partial charge is 0.478 e. The molecule has 1 N–H and O–H groups in total. The number of carboxylic acid groups (broad SMARTS) is 1. The second kappa shape index (κ2) is 3.99. The Hall–Kier alpha value is -1.79. The van der Waals surface area contributed by atoms with E-state index in [2.05, 4.69) is 4.74 Å². The summed E-state index contributed by atoms with van der Waals surface area (Å²) in [4.78, 5) is 33.8. The fourth-order valence-corrected chi connectivity index (χ4v) is 1.06. The van der Waals surface area contributed by atoms with Crippen LogP contribution in [0.3, 0.4) is 0 Å². The summed E-state index contributed by atoms with van der Waals surface area (Å²) in [6.07, 6.45) is -3.22. The van der Waals surface area contributed by atoms with Crippen molar-refractivity contribution in [2.75, 3.05) is 6.54 Å². The van der Waals surface area contributed by atoms with Crippen LogP contribution in [-0.2, 0) is 14.3 Å². The van der Waals surface area contributed by atoms with E-state index >= 15 is 0 Å². The van der Waals surface area contributed by atoms with Gasteiger partial charge in [0.25, 0.3) is 0 Å². The third-order valence-corrected chi connectivity index (χ3v) is 1.70. The topological polar surface area (TPSA) is 93.1 Å². The fourth-order valence-electron chi connectivity index (χ4n) is 1.06. The van der Waals surface area contributed by atoms with Crippen LogP contribution >= 0.6 is 0 Å². The molecule has 90 valence electrons. The van der Waals surface area contributed by atoms with Crippen molar-refractivity contribution in [3.8, 4) is 0 Å². The smallest absolute Gasteiger partial charge is 0.420 e. The van der Waals surface area contributed by atoms with Crippen LogP contribution in [0, 0.1) is 0 Å². The molecule has 1 heterocycles. The molecule has 7 nitrogen and oxygen atoms in total. The Labute approximate surface area is 91.9 Å². The SMILES string of the molecule is CC(C)(C)OC(=O)N1CC(C(=O)O)OC1=O. The molecule has 1 aliphatic rings. The van der Waals surface area contributed by atoms with Crippen molar-refractivity contribution in [1.29, 1.82) is 0 Å². The zero-order chi connectivity index (χ0) is 12.5. The number of carbonyl (C=O) groups is 3. The molecule has 0 bridgehead atoms. The Morgan fingerprint density at radius 1 is 1.50 bits per heavy atom. The van der Waals surface area contributed by atoms with E-state index in [1.54, 1.807) is 20.8 Å². The Bertz CT molecular complexity index is 331. The summed E-state index contributed by atoms with van der Waals surface area (Å²) in [5.41, 5.74) is -0.751. The molecule has 0 aromatic heterocycles. The minimum Gasteiger partial charge on any atom is -0.478 e. The van der Waals surface area contributed by atoms with Gasteiger partial charge in [-0.25, -0.2) is 19.3 Å². The van der Waals surface area contributed by atoms with Gasteiger partial charge in [-0.05, 0) is 20.8 Å². The van der Waals surface area contributed by atoms with Crippen molar-refractivity contribution in [2.45, 2.75) is 32.5 Å². The molecule has 0 aromatic rings. The number of hydrogen-bond donors (Lipinski definition) is 1. The van der Waals surface area contributed by atoms with Gasteiger partial charge in [-0.2, -0.15) is 0 Å². The average molecular weight is 231 g/mol. The van der Waals surface area contributed by atoms with E-state index in [9.17, 15) is 14.4 Å². The summed E-state index contributed by atoms with van der Waals surface area (Å²) >= 11 is 0. The highest BCUT2D eigenvalue weighted by Gasteiger charge is 2.41. The van der Waals surface area contributed by atoms with E-state index in [0.717, 1.165) is 0 Å². The maximum Gasteiger partial charge on any atom is 0.420 e. The van der Waals surface area contributed by atoms with Crippen LogP contribution in [0.2, 0.25) is 0 Å². The summed E-state index contributed by atoms with van der Waals surface area (Å²) in [5, 5.41) is 8.61. The van der Waals surface area contributed by atoms with Crippen molar-refractivity contribution in [3.63, 3.8) is 0 Å². The Balaban J connectivity index is 2.65. The van der Waals surface area contributed by atoms with Crippen LogP contribution in [0.15, 0.2) is 0 Å². The number of cyclic esters (lactones) is 1. The van der Waals surface area contributed by atoms with Gasteiger partial charge in [0, 0.05) is 0 Å². The zero-order valence-electron chi connectivity index (χ0n) is 9.22. The number of rotatable bonds is 1. The fraction of sp³-hybridized carbons (Fsp3) is 0.667. The van der Waals surface area contributed by atoms with Crippen LogP contribution in [-0.4, -0.2) is 46.4 Å². The van der Waals surface area contributed by atoms with E-state index < -0.39 is 29.9 Å². The van der Waals surface area contributed by atoms with Gasteiger partial charge in [0.1, 0.15) is 5.60 Å². The molecule has 0 spiro atoms. The first-order valence-corrected chi connectivity index (χ1v) is 4.64. The van der Waals surface area contributed by atoms with Crippen molar-refractivity contribution in [3.05, 3.63) is 0 Å². The van der Waals surface area contributed by atoms with E-state index in [-0.39, 0.29) is 6.54 Å². The maximum atomic E-state index is 11.4. The van der Waals surface area contributed by atoms with Gasteiger partial charge in [-0.15, -0.1) is 0 Å². The molecular weight excluding hydrogens is 218 g/mol. The number of amides is 2. The molecule has 1 aliphatic heterocycles. The normalized spacial score (nSPS) is 20.6. The lowest BCUT2D eigenvalue weighted by Crippen LogP contribution is -2.38. The van der Waals surface area contributed by atoms with Crippen molar-refractivity contribution in [1.82, 2.24) is 4.90 Å². The van der Waals surface area contributed by atoms with E-state index in [1.807, 2.05) is 0 Å². The standard InChI is InChI=1S/C9H13NO6/c1-9(2,3)16-8(14)10-4-5(6(11)12)15-7(10)13/h5H,4H2,1-3H3,(H,11,12). The molecule has 0 aliphatic carbocycles.